The van der Waals surface area contributed by atoms with Gasteiger partial charge in [0, 0.05) is 19.6 Å². The third kappa shape index (κ3) is 7.85. The van der Waals surface area contributed by atoms with Gasteiger partial charge in [0.15, 0.2) is 0 Å². The maximum absolute atomic E-state index is 5.42. The molecule has 0 bridgehead atoms. The van der Waals surface area contributed by atoms with E-state index in [1.165, 1.54) is 38.8 Å². The number of rotatable bonds is 8. The van der Waals surface area contributed by atoms with E-state index in [0.717, 1.165) is 0 Å². The highest BCUT2D eigenvalue weighted by atomic mass is 15.1. The highest BCUT2D eigenvalue weighted by Gasteiger charge is 1.96. The van der Waals surface area contributed by atoms with Crippen LogP contribution in [0.3, 0.4) is 0 Å². The lowest BCUT2D eigenvalue weighted by molar-refractivity contribution is 0.359. The van der Waals surface area contributed by atoms with E-state index < -0.39 is 0 Å². The van der Waals surface area contributed by atoms with Crippen LogP contribution in [0.5, 0.6) is 0 Å². The summed E-state index contributed by atoms with van der Waals surface area (Å²) in [6.45, 7) is 7.45. The minimum absolute atomic E-state index is 0.648. The Morgan fingerprint density at radius 2 is 1.62 bits per heavy atom. The summed E-state index contributed by atoms with van der Waals surface area (Å²) in [7, 11) is 0. The van der Waals surface area contributed by atoms with Crippen LogP contribution in [0.15, 0.2) is 12.3 Å². The van der Waals surface area contributed by atoms with E-state index in [4.69, 9.17) is 5.73 Å². The lowest BCUT2D eigenvalue weighted by Crippen LogP contribution is -2.20. The lowest BCUT2D eigenvalue weighted by atomic mass is 10.3. The SMILES string of the molecule is CCCCN(C=CCN)CCCC. The van der Waals surface area contributed by atoms with Gasteiger partial charge in [-0.1, -0.05) is 32.8 Å². The van der Waals surface area contributed by atoms with Gasteiger partial charge in [0.1, 0.15) is 0 Å². The molecule has 0 aliphatic heterocycles. The van der Waals surface area contributed by atoms with Crippen molar-refractivity contribution in [1.82, 2.24) is 4.90 Å². The molecule has 0 radical (unpaired) electrons. The Balaban J connectivity index is 3.66. The first-order valence-corrected chi connectivity index (χ1v) is 5.45. The zero-order valence-electron chi connectivity index (χ0n) is 9.13. The van der Waals surface area contributed by atoms with Gasteiger partial charge in [-0.25, -0.2) is 0 Å². The summed E-state index contributed by atoms with van der Waals surface area (Å²) in [5.41, 5.74) is 5.42. The van der Waals surface area contributed by atoms with Gasteiger partial charge in [-0.15, -0.1) is 0 Å². The van der Waals surface area contributed by atoms with Crippen LogP contribution in [0.25, 0.3) is 0 Å². The van der Waals surface area contributed by atoms with Crippen molar-refractivity contribution < 1.29 is 0 Å². The number of unbranched alkanes of at least 4 members (excludes halogenated alkanes) is 2. The first-order chi connectivity index (χ1) is 6.35. The molecule has 0 rings (SSSR count). The first-order valence-electron chi connectivity index (χ1n) is 5.45. The summed E-state index contributed by atoms with van der Waals surface area (Å²) >= 11 is 0. The van der Waals surface area contributed by atoms with Crippen molar-refractivity contribution >= 4 is 0 Å². The second-order valence-corrected chi connectivity index (χ2v) is 3.36. The average molecular weight is 184 g/mol. The number of hydrogen-bond acceptors (Lipinski definition) is 2. The van der Waals surface area contributed by atoms with Gasteiger partial charge >= 0.3 is 0 Å². The summed E-state index contributed by atoms with van der Waals surface area (Å²) < 4.78 is 0. The van der Waals surface area contributed by atoms with Crippen LogP contribution in [-0.4, -0.2) is 24.5 Å². The van der Waals surface area contributed by atoms with Crippen LogP contribution in [0.2, 0.25) is 0 Å². The smallest absolute Gasteiger partial charge is 0.0172 e. The van der Waals surface area contributed by atoms with Crippen molar-refractivity contribution in [2.45, 2.75) is 39.5 Å². The van der Waals surface area contributed by atoms with Gasteiger partial charge in [-0.05, 0) is 19.0 Å². The molecular weight excluding hydrogens is 160 g/mol. The number of hydrogen-bond donors (Lipinski definition) is 1. The standard InChI is InChI=1S/C11H24N2/c1-3-5-9-13(10-6-4-2)11-7-8-12/h7,11H,3-6,8-10,12H2,1-2H3. The molecule has 2 N–H and O–H groups in total. The van der Waals surface area contributed by atoms with Crippen molar-refractivity contribution in [2.24, 2.45) is 5.73 Å². The second-order valence-electron chi connectivity index (χ2n) is 3.36. The van der Waals surface area contributed by atoms with E-state index in [1.54, 1.807) is 0 Å². The van der Waals surface area contributed by atoms with E-state index in [0.29, 0.717) is 6.54 Å². The largest absolute Gasteiger partial charge is 0.378 e. The molecule has 0 saturated heterocycles. The molecule has 0 aliphatic rings. The Morgan fingerprint density at radius 1 is 1.08 bits per heavy atom. The fourth-order valence-corrected chi connectivity index (χ4v) is 1.19. The first kappa shape index (κ1) is 12.5. The molecule has 13 heavy (non-hydrogen) atoms. The van der Waals surface area contributed by atoms with Crippen LogP contribution in [0, 0.1) is 0 Å². The molecule has 0 aromatic carbocycles. The van der Waals surface area contributed by atoms with Crippen LogP contribution in [0.4, 0.5) is 0 Å². The minimum Gasteiger partial charge on any atom is -0.378 e. The van der Waals surface area contributed by atoms with Gasteiger partial charge in [-0.3, -0.25) is 0 Å². The highest BCUT2D eigenvalue weighted by Crippen LogP contribution is 1.99. The second kappa shape index (κ2) is 9.59. The van der Waals surface area contributed by atoms with Gasteiger partial charge in [0.05, 0.1) is 0 Å². The van der Waals surface area contributed by atoms with Crippen LogP contribution in [0.1, 0.15) is 39.5 Å². The molecule has 0 aromatic rings. The van der Waals surface area contributed by atoms with E-state index in [1.807, 2.05) is 6.08 Å². The summed E-state index contributed by atoms with van der Waals surface area (Å²) in [5, 5.41) is 0. The van der Waals surface area contributed by atoms with Crippen LogP contribution >= 0.6 is 0 Å². The maximum Gasteiger partial charge on any atom is 0.0172 e. The van der Waals surface area contributed by atoms with Gasteiger partial charge in [-0.2, -0.15) is 0 Å². The van der Waals surface area contributed by atoms with Gasteiger partial charge < -0.3 is 10.6 Å². The summed E-state index contributed by atoms with van der Waals surface area (Å²) in [5.74, 6) is 0. The molecule has 2 heteroatoms. The third-order valence-electron chi connectivity index (χ3n) is 2.05. The van der Waals surface area contributed by atoms with E-state index in [-0.39, 0.29) is 0 Å². The predicted octanol–water partition coefficient (Wildman–Crippen LogP) is 2.36. The fourth-order valence-electron chi connectivity index (χ4n) is 1.19. The Morgan fingerprint density at radius 3 is 2.00 bits per heavy atom. The van der Waals surface area contributed by atoms with Crippen LogP contribution in [-0.2, 0) is 0 Å². The summed E-state index contributed by atoms with van der Waals surface area (Å²) in [6, 6.07) is 0. The normalized spacial score (nSPS) is 11.0. The molecule has 0 saturated carbocycles. The summed E-state index contributed by atoms with van der Waals surface area (Å²) in [6.07, 6.45) is 9.26. The molecule has 2 nitrogen and oxygen atoms in total. The predicted molar refractivity (Wildman–Crippen MR) is 59.6 cm³/mol. The molecule has 0 unspecified atom stereocenters. The van der Waals surface area contributed by atoms with Crippen molar-refractivity contribution in [1.29, 1.82) is 0 Å². The maximum atomic E-state index is 5.42. The fraction of sp³-hybridized carbons (Fsp3) is 0.818. The Kier molecular flexibility index (Phi) is 9.22. The summed E-state index contributed by atoms with van der Waals surface area (Å²) in [4.78, 5) is 2.37. The van der Waals surface area contributed by atoms with E-state index in [9.17, 15) is 0 Å². The molecule has 0 atom stereocenters. The molecule has 0 heterocycles. The Bertz CT molecular complexity index is 113. The Hall–Kier alpha value is -0.500. The zero-order chi connectivity index (χ0) is 9.94. The Labute approximate surface area is 82.8 Å². The molecular formula is C11H24N2. The zero-order valence-corrected chi connectivity index (χ0v) is 9.13. The highest BCUT2D eigenvalue weighted by molar-refractivity contribution is 4.83. The van der Waals surface area contributed by atoms with Gasteiger partial charge in [0.25, 0.3) is 0 Å². The van der Waals surface area contributed by atoms with Crippen LogP contribution < -0.4 is 5.73 Å². The molecule has 0 amide bonds. The monoisotopic (exact) mass is 184 g/mol. The molecule has 0 aromatic heterocycles. The van der Waals surface area contributed by atoms with E-state index >= 15 is 0 Å². The number of nitrogens with zero attached hydrogens (tertiary/aromatic N) is 1. The quantitative estimate of drug-likeness (QED) is 0.627. The molecule has 0 aliphatic carbocycles. The minimum atomic E-state index is 0.648. The van der Waals surface area contributed by atoms with Gasteiger partial charge in [0.2, 0.25) is 0 Å². The molecule has 0 fully saturated rings. The third-order valence-corrected chi connectivity index (χ3v) is 2.05. The van der Waals surface area contributed by atoms with Crippen molar-refractivity contribution in [3.63, 3.8) is 0 Å². The average Bonchev–Trinajstić information content (AvgIpc) is 2.17. The van der Waals surface area contributed by atoms with Crippen molar-refractivity contribution in [3.8, 4) is 0 Å². The van der Waals surface area contributed by atoms with Crippen molar-refractivity contribution in [3.05, 3.63) is 12.3 Å². The lowest BCUT2D eigenvalue weighted by Gasteiger charge is -2.19. The topological polar surface area (TPSA) is 29.3 Å². The number of nitrogens with two attached hydrogens (primary N) is 1. The van der Waals surface area contributed by atoms with E-state index in [2.05, 4.69) is 24.9 Å². The van der Waals surface area contributed by atoms with Crippen molar-refractivity contribution in [2.75, 3.05) is 19.6 Å². The molecule has 0 spiro atoms. The molecule has 78 valence electrons.